The summed E-state index contributed by atoms with van der Waals surface area (Å²) in [4.78, 5) is 0. The first-order valence-corrected chi connectivity index (χ1v) is 24.6. The van der Waals surface area contributed by atoms with E-state index in [0.29, 0.717) is 0 Å². The summed E-state index contributed by atoms with van der Waals surface area (Å²) in [6.07, 6.45) is 8.32. The van der Waals surface area contributed by atoms with Crippen LogP contribution in [0.4, 0.5) is 0 Å². The Balaban J connectivity index is 1.20. The molecule has 0 aliphatic carbocycles. The van der Waals surface area contributed by atoms with Crippen molar-refractivity contribution in [3.63, 3.8) is 0 Å². The van der Waals surface area contributed by atoms with Gasteiger partial charge in [0, 0.05) is 87.1 Å². The number of rotatable bonds is 6. The molecule has 0 atom stereocenters. The largest absolute Gasteiger partial charge is 0.310 e. The van der Waals surface area contributed by atoms with Crippen LogP contribution in [0.25, 0.3) is 153 Å². The van der Waals surface area contributed by atoms with Gasteiger partial charge in [0.25, 0.3) is 0 Å². The summed E-state index contributed by atoms with van der Waals surface area (Å²) in [6, 6.07) is 74.5. The number of benzene rings is 10. The number of fused-ring (bicyclic) bond motifs is 20. The third kappa shape index (κ3) is 4.83. The number of aromatic nitrogens is 4. The number of allylic oxidation sites excluding steroid dienone is 5. The molecule has 0 radical (unpaired) electrons. The zero-order valence-corrected chi connectivity index (χ0v) is 38.9. The van der Waals surface area contributed by atoms with Crippen LogP contribution in [0.5, 0.6) is 0 Å². The SMILES string of the molecule is C=C(/C=C\C=C/C)n1c2ccccc2c2c1ccc1c3cccc4c5c(-c6ccccc6)c6c(c(-c7ccccc7)c5n(c34)c12)c1cccc2c3ccc4c(c5ccccc5n4-c4ccccc4)c3n6c21. The molecular weight excluding hydrogens is 861 g/mol. The summed E-state index contributed by atoms with van der Waals surface area (Å²) in [5.74, 6) is 0. The Morgan fingerprint density at radius 2 is 0.803 bits per heavy atom. The van der Waals surface area contributed by atoms with Crippen LogP contribution in [0.3, 0.4) is 0 Å². The zero-order valence-electron chi connectivity index (χ0n) is 38.9. The van der Waals surface area contributed by atoms with Gasteiger partial charge in [-0.2, -0.15) is 0 Å². The third-order valence-corrected chi connectivity index (χ3v) is 15.6. The van der Waals surface area contributed by atoms with Crippen molar-refractivity contribution in [2.24, 2.45) is 0 Å². The molecule has 4 heteroatoms. The maximum absolute atomic E-state index is 4.66. The Morgan fingerprint density at radius 3 is 1.38 bits per heavy atom. The first kappa shape index (κ1) is 38.6. The van der Waals surface area contributed by atoms with Crippen molar-refractivity contribution in [3.05, 3.63) is 231 Å². The minimum Gasteiger partial charge on any atom is -0.310 e. The lowest BCUT2D eigenvalue weighted by atomic mass is 9.89. The van der Waals surface area contributed by atoms with Crippen LogP contribution >= 0.6 is 0 Å². The molecule has 16 aromatic rings. The van der Waals surface area contributed by atoms with E-state index in [2.05, 4.69) is 249 Å². The van der Waals surface area contributed by atoms with Gasteiger partial charge in [0.2, 0.25) is 0 Å². The second-order valence-corrected chi connectivity index (χ2v) is 19.1. The molecule has 6 aromatic heterocycles. The fourth-order valence-electron chi connectivity index (χ4n) is 13.0. The van der Waals surface area contributed by atoms with Gasteiger partial charge in [0.15, 0.2) is 0 Å². The summed E-state index contributed by atoms with van der Waals surface area (Å²) in [6.45, 7) is 6.70. The van der Waals surface area contributed by atoms with Gasteiger partial charge < -0.3 is 17.9 Å². The maximum atomic E-state index is 4.66. The molecule has 0 aliphatic heterocycles. The summed E-state index contributed by atoms with van der Waals surface area (Å²) < 4.78 is 10.1. The first-order valence-electron chi connectivity index (χ1n) is 24.6. The van der Waals surface area contributed by atoms with Crippen LogP contribution in [0.15, 0.2) is 231 Å². The van der Waals surface area contributed by atoms with E-state index in [-0.39, 0.29) is 0 Å². The molecule has 71 heavy (non-hydrogen) atoms. The second-order valence-electron chi connectivity index (χ2n) is 19.1. The monoisotopic (exact) mass is 902 g/mol. The zero-order chi connectivity index (χ0) is 46.6. The fourth-order valence-corrected chi connectivity index (χ4v) is 13.0. The van der Waals surface area contributed by atoms with Crippen LogP contribution in [0.2, 0.25) is 0 Å². The smallest absolute Gasteiger partial charge is 0.0642 e. The standard InChI is InChI=1S/C67H42N4/c1-3-4-8-21-40(2)68-52-34-17-15-28-48(52)58-54(68)38-36-46-44-30-19-32-50-60-57(42-24-11-6-12-25-42)67-61(56(41-22-9-5-10-23-41)66(60)70(62(44)50)64(46)58)51-33-20-31-45-47-37-39-55-59(65(47)71(67)63(45)51)49-29-16-18-35-53(49)69(55)43-26-13-7-14-27-43/h3-39H,2H2,1H3/b4-3-,21-8-. The molecule has 0 unspecified atom stereocenters. The quantitative estimate of drug-likeness (QED) is 0.148. The lowest BCUT2D eigenvalue weighted by Crippen LogP contribution is -1.95. The van der Waals surface area contributed by atoms with Gasteiger partial charge in [0.1, 0.15) is 0 Å². The van der Waals surface area contributed by atoms with E-state index in [4.69, 9.17) is 0 Å². The topological polar surface area (TPSA) is 18.7 Å². The average molecular weight is 903 g/mol. The summed E-state index contributed by atoms with van der Waals surface area (Å²) in [5.41, 5.74) is 19.0. The minimum absolute atomic E-state index is 0.921. The highest BCUT2D eigenvalue weighted by molar-refractivity contribution is 6.40. The molecule has 0 amide bonds. The van der Waals surface area contributed by atoms with Gasteiger partial charge in [-0.3, -0.25) is 0 Å². The van der Waals surface area contributed by atoms with Crippen LogP contribution in [0.1, 0.15) is 6.92 Å². The Hall–Kier alpha value is -9.38. The molecule has 4 nitrogen and oxygen atoms in total. The Bertz CT molecular complexity index is 4980. The average Bonchev–Trinajstić information content (AvgIpc) is 4.27. The Labute approximate surface area is 407 Å². The van der Waals surface area contributed by atoms with E-state index in [1.54, 1.807) is 0 Å². The van der Waals surface area contributed by atoms with E-state index in [1.165, 1.54) is 131 Å². The number of para-hydroxylation sites is 5. The van der Waals surface area contributed by atoms with Crippen LogP contribution in [0, 0.1) is 0 Å². The van der Waals surface area contributed by atoms with Crippen molar-refractivity contribution in [2.45, 2.75) is 6.92 Å². The summed E-state index contributed by atoms with van der Waals surface area (Å²) in [7, 11) is 0. The van der Waals surface area contributed by atoms with Crippen molar-refractivity contribution < 1.29 is 0 Å². The molecule has 6 heterocycles. The molecular formula is C67H42N4. The predicted molar refractivity (Wildman–Crippen MR) is 303 cm³/mol. The molecule has 0 aliphatic rings. The van der Waals surface area contributed by atoms with E-state index in [1.807, 2.05) is 6.92 Å². The van der Waals surface area contributed by atoms with E-state index >= 15 is 0 Å². The molecule has 0 spiro atoms. The van der Waals surface area contributed by atoms with Crippen LogP contribution in [-0.2, 0) is 0 Å². The minimum atomic E-state index is 0.921. The van der Waals surface area contributed by atoms with Crippen molar-refractivity contribution in [1.82, 2.24) is 17.9 Å². The number of nitrogens with zero attached hydrogens (tertiary/aromatic N) is 4. The Kier molecular flexibility index (Phi) is 7.66. The highest BCUT2D eigenvalue weighted by Gasteiger charge is 2.32. The first-order chi connectivity index (χ1) is 35.2. The lowest BCUT2D eigenvalue weighted by molar-refractivity contribution is 1.18. The number of hydrogen-bond acceptors (Lipinski definition) is 0. The molecule has 16 rings (SSSR count). The fraction of sp³-hybridized carbons (Fsp3) is 0.0149. The Morgan fingerprint density at radius 1 is 0.352 bits per heavy atom. The number of hydrogen-bond donors (Lipinski definition) is 0. The van der Waals surface area contributed by atoms with Crippen LogP contribution in [-0.4, -0.2) is 17.9 Å². The molecule has 10 aromatic carbocycles. The molecule has 0 fully saturated rings. The molecule has 0 saturated carbocycles. The van der Waals surface area contributed by atoms with Gasteiger partial charge in [0.05, 0.1) is 55.2 Å². The normalized spacial score (nSPS) is 12.8. The third-order valence-electron chi connectivity index (χ3n) is 15.6. The van der Waals surface area contributed by atoms with Crippen molar-refractivity contribution in [2.75, 3.05) is 0 Å². The molecule has 0 saturated heterocycles. The predicted octanol–water partition coefficient (Wildman–Crippen LogP) is 18.1. The summed E-state index contributed by atoms with van der Waals surface area (Å²) >= 11 is 0. The molecule has 330 valence electrons. The van der Waals surface area contributed by atoms with Crippen molar-refractivity contribution in [3.8, 4) is 27.9 Å². The van der Waals surface area contributed by atoms with Gasteiger partial charge in [-0.05, 0) is 60.5 Å². The van der Waals surface area contributed by atoms with E-state index in [0.717, 1.165) is 22.4 Å². The van der Waals surface area contributed by atoms with Crippen molar-refractivity contribution >= 4 is 125 Å². The lowest BCUT2D eigenvalue weighted by Gasteiger charge is -2.16. The maximum Gasteiger partial charge on any atom is 0.0642 e. The van der Waals surface area contributed by atoms with Gasteiger partial charge >= 0.3 is 0 Å². The van der Waals surface area contributed by atoms with Gasteiger partial charge in [-0.1, -0.05) is 189 Å². The van der Waals surface area contributed by atoms with Crippen LogP contribution < -0.4 is 0 Å². The summed E-state index contributed by atoms with van der Waals surface area (Å²) in [5, 5.41) is 15.0. The van der Waals surface area contributed by atoms with Crippen molar-refractivity contribution in [1.29, 1.82) is 0 Å². The van der Waals surface area contributed by atoms with Gasteiger partial charge in [-0.25, -0.2) is 0 Å². The second kappa shape index (κ2) is 14.1. The highest BCUT2D eigenvalue weighted by Crippen LogP contribution is 2.55. The highest BCUT2D eigenvalue weighted by atomic mass is 15.0. The van der Waals surface area contributed by atoms with E-state index < -0.39 is 0 Å². The van der Waals surface area contributed by atoms with Gasteiger partial charge in [-0.15, -0.1) is 0 Å². The van der Waals surface area contributed by atoms with E-state index in [9.17, 15) is 0 Å². The molecule has 0 bridgehead atoms. The molecule has 0 N–H and O–H groups in total.